The quantitative estimate of drug-likeness (QED) is 0.787. The van der Waals surface area contributed by atoms with Crippen molar-refractivity contribution in [2.45, 2.75) is 31.3 Å². The van der Waals surface area contributed by atoms with Crippen LogP contribution in [-0.4, -0.2) is 16.8 Å². The van der Waals surface area contributed by atoms with Crippen molar-refractivity contribution in [3.05, 3.63) is 55.7 Å². The summed E-state index contributed by atoms with van der Waals surface area (Å²) in [6.45, 7) is 0.0738. The molecule has 0 unspecified atom stereocenters. The number of imide groups is 1. The van der Waals surface area contributed by atoms with Gasteiger partial charge in [-0.3, -0.25) is 9.69 Å². The first kappa shape index (κ1) is 15.9. The summed E-state index contributed by atoms with van der Waals surface area (Å²) in [5.41, 5.74) is 0.589. The summed E-state index contributed by atoms with van der Waals surface area (Å²) in [5, 5.41) is 5.80. The van der Waals surface area contributed by atoms with Crippen LogP contribution in [0.1, 0.15) is 28.8 Å². The number of halogens is 2. The van der Waals surface area contributed by atoms with Gasteiger partial charge in [0.15, 0.2) is 0 Å². The van der Waals surface area contributed by atoms with Crippen LogP contribution in [0.2, 0.25) is 10.0 Å². The number of hydrogen-bond acceptors (Lipinski definition) is 3. The SMILES string of the molecule is O=C1N[C@]2(CCCc3sccc32)C(=O)N1Cc1c(Cl)cccc1Cl. The van der Waals surface area contributed by atoms with E-state index in [1.807, 2.05) is 11.4 Å². The minimum Gasteiger partial charge on any atom is -0.319 e. The minimum absolute atomic E-state index is 0.0738. The Bertz CT molecular complexity index is 831. The third kappa shape index (κ3) is 2.26. The lowest BCUT2D eigenvalue weighted by molar-refractivity contribution is -0.132. The number of amides is 3. The van der Waals surface area contributed by atoms with Crippen LogP contribution in [0.25, 0.3) is 0 Å². The normalized spacial score (nSPS) is 22.8. The topological polar surface area (TPSA) is 49.4 Å². The molecule has 0 saturated carbocycles. The van der Waals surface area contributed by atoms with E-state index in [0.29, 0.717) is 22.0 Å². The molecule has 1 aromatic heterocycles. The monoisotopic (exact) mass is 380 g/mol. The van der Waals surface area contributed by atoms with Crippen LogP contribution in [-0.2, 0) is 23.3 Å². The van der Waals surface area contributed by atoms with E-state index in [1.54, 1.807) is 29.5 Å². The van der Waals surface area contributed by atoms with Crippen LogP contribution >= 0.6 is 34.5 Å². The van der Waals surface area contributed by atoms with E-state index >= 15 is 0 Å². The Kier molecular flexibility index (Phi) is 3.82. The Balaban J connectivity index is 1.71. The van der Waals surface area contributed by atoms with Gasteiger partial charge in [0.05, 0.1) is 6.54 Å². The van der Waals surface area contributed by atoms with Gasteiger partial charge >= 0.3 is 6.03 Å². The lowest BCUT2D eigenvalue weighted by atomic mass is 9.80. The van der Waals surface area contributed by atoms with Crippen molar-refractivity contribution in [1.82, 2.24) is 10.2 Å². The average molecular weight is 381 g/mol. The van der Waals surface area contributed by atoms with Gasteiger partial charge in [0.1, 0.15) is 5.54 Å². The number of carbonyl (C=O) groups is 2. The zero-order chi connectivity index (χ0) is 16.9. The standard InChI is InChI=1S/C17H14Cl2N2O2S/c18-12-3-1-4-13(19)10(12)9-21-15(22)17(20-16(21)23)7-2-5-14-11(17)6-8-24-14/h1,3-4,6,8H,2,5,7,9H2,(H,20,23)/t17-/m0/s1. The van der Waals surface area contributed by atoms with Crippen molar-refractivity contribution in [3.8, 4) is 0 Å². The summed E-state index contributed by atoms with van der Waals surface area (Å²) in [6.07, 6.45) is 2.45. The maximum Gasteiger partial charge on any atom is 0.325 e. The number of nitrogens with zero attached hydrogens (tertiary/aromatic N) is 1. The number of carbonyl (C=O) groups excluding carboxylic acids is 2. The number of aryl methyl sites for hydroxylation is 1. The fourth-order valence-corrected chi connectivity index (χ4v) is 5.04. The molecule has 0 radical (unpaired) electrons. The largest absolute Gasteiger partial charge is 0.325 e. The molecule has 2 aromatic rings. The number of rotatable bonds is 2. The third-order valence-corrected chi connectivity index (χ3v) is 6.40. The molecule has 1 saturated heterocycles. The van der Waals surface area contributed by atoms with E-state index in [2.05, 4.69) is 5.32 Å². The molecule has 1 aliphatic heterocycles. The maximum absolute atomic E-state index is 13.1. The van der Waals surface area contributed by atoms with Gasteiger partial charge in [-0.1, -0.05) is 29.3 Å². The van der Waals surface area contributed by atoms with Crippen molar-refractivity contribution in [1.29, 1.82) is 0 Å². The highest BCUT2D eigenvalue weighted by Gasteiger charge is 2.54. The molecular formula is C17H14Cl2N2O2S. The van der Waals surface area contributed by atoms with Gasteiger partial charge in [-0.2, -0.15) is 0 Å². The average Bonchev–Trinajstić information content (AvgIpc) is 3.11. The summed E-state index contributed by atoms with van der Waals surface area (Å²) in [5.74, 6) is -0.220. The molecule has 4 rings (SSSR count). The minimum atomic E-state index is -0.932. The maximum atomic E-state index is 13.1. The summed E-state index contributed by atoms with van der Waals surface area (Å²) < 4.78 is 0. The van der Waals surface area contributed by atoms with Gasteiger partial charge < -0.3 is 5.32 Å². The second kappa shape index (κ2) is 5.76. The fraction of sp³-hybridized carbons (Fsp3) is 0.294. The predicted molar refractivity (Wildman–Crippen MR) is 94.5 cm³/mol. The smallest absolute Gasteiger partial charge is 0.319 e. The van der Waals surface area contributed by atoms with E-state index in [-0.39, 0.29) is 12.5 Å². The molecule has 1 atom stereocenters. The Labute approximate surface area is 153 Å². The molecule has 1 spiro atoms. The Morgan fingerprint density at radius 3 is 2.71 bits per heavy atom. The summed E-state index contributed by atoms with van der Waals surface area (Å²) in [7, 11) is 0. The first-order valence-electron chi connectivity index (χ1n) is 7.67. The van der Waals surface area contributed by atoms with Gasteiger partial charge in [-0.25, -0.2) is 4.79 Å². The molecular weight excluding hydrogens is 367 g/mol. The van der Waals surface area contributed by atoms with Crippen molar-refractivity contribution >= 4 is 46.5 Å². The molecule has 1 N–H and O–H groups in total. The first-order chi connectivity index (χ1) is 11.5. The summed E-state index contributed by atoms with van der Waals surface area (Å²) in [6, 6.07) is 6.70. The van der Waals surface area contributed by atoms with Crippen LogP contribution in [0.4, 0.5) is 4.79 Å². The van der Waals surface area contributed by atoms with Crippen molar-refractivity contribution in [2.75, 3.05) is 0 Å². The summed E-state index contributed by atoms with van der Waals surface area (Å²) >= 11 is 14.0. The Morgan fingerprint density at radius 1 is 1.21 bits per heavy atom. The molecule has 4 nitrogen and oxygen atoms in total. The molecule has 124 valence electrons. The molecule has 2 heterocycles. The summed E-state index contributed by atoms with van der Waals surface area (Å²) in [4.78, 5) is 28.1. The van der Waals surface area contributed by atoms with Crippen molar-refractivity contribution in [2.24, 2.45) is 0 Å². The van der Waals surface area contributed by atoms with Gasteiger partial charge in [0.25, 0.3) is 5.91 Å². The van der Waals surface area contributed by atoms with E-state index in [0.717, 1.165) is 18.4 Å². The zero-order valence-corrected chi connectivity index (χ0v) is 15.0. The molecule has 1 aliphatic carbocycles. The molecule has 7 heteroatoms. The third-order valence-electron chi connectivity index (χ3n) is 4.71. The predicted octanol–water partition coefficient (Wildman–Crippen LogP) is 4.34. The van der Waals surface area contributed by atoms with Gasteiger partial charge in [-0.05, 0) is 42.8 Å². The van der Waals surface area contributed by atoms with E-state index in [1.165, 1.54) is 9.78 Å². The van der Waals surface area contributed by atoms with Crippen LogP contribution < -0.4 is 5.32 Å². The second-order valence-electron chi connectivity index (χ2n) is 6.04. The van der Waals surface area contributed by atoms with E-state index < -0.39 is 11.6 Å². The van der Waals surface area contributed by atoms with Crippen molar-refractivity contribution < 1.29 is 9.59 Å². The number of nitrogens with one attached hydrogen (secondary N) is 1. The second-order valence-corrected chi connectivity index (χ2v) is 7.85. The van der Waals surface area contributed by atoms with Gasteiger partial charge in [0, 0.05) is 26.0 Å². The Hall–Kier alpha value is -1.56. The molecule has 2 aliphatic rings. The highest BCUT2D eigenvalue weighted by Crippen LogP contribution is 2.42. The molecule has 0 bridgehead atoms. The molecule has 1 fully saturated rings. The lowest BCUT2D eigenvalue weighted by Crippen LogP contribution is -2.46. The fourth-order valence-electron chi connectivity index (χ4n) is 3.53. The molecule has 1 aromatic carbocycles. The lowest BCUT2D eigenvalue weighted by Gasteiger charge is -2.31. The number of hydrogen-bond donors (Lipinski definition) is 1. The number of fused-ring (bicyclic) bond motifs is 2. The highest BCUT2D eigenvalue weighted by atomic mass is 35.5. The van der Waals surface area contributed by atoms with Gasteiger partial charge in [-0.15, -0.1) is 11.3 Å². The van der Waals surface area contributed by atoms with E-state index in [4.69, 9.17) is 23.2 Å². The number of urea groups is 1. The van der Waals surface area contributed by atoms with Crippen LogP contribution in [0.5, 0.6) is 0 Å². The van der Waals surface area contributed by atoms with Crippen LogP contribution in [0.3, 0.4) is 0 Å². The van der Waals surface area contributed by atoms with Crippen LogP contribution in [0, 0.1) is 0 Å². The van der Waals surface area contributed by atoms with Crippen molar-refractivity contribution in [3.63, 3.8) is 0 Å². The molecule has 24 heavy (non-hydrogen) atoms. The highest BCUT2D eigenvalue weighted by molar-refractivity contribution is 7.10. The number of thiophene rings is 1. The zero-order valence-electron chi connectivity index (χ0n) is 12.6. The first-order valence-corrected chi connectivity index (χ1v) is 9.30. The van der Waals surface area contributed by atoms with E-state index in [9.17, 15) is 9.59 Å². The molecule has 3 amide bonds. The van der Waals surface area contributed by atoms with Gasteiger partial charge in [0.2, 0.25) is 0 Å². The number of benzene rings is 1. The van der Waals surface area contributed by atoms with Crippen LogP contribution in [0.15, 0.2) is 29.6 Å². The Morgan fingerprint density at radius 2 is 1.96 bits per heavy atom.